The molecule has 3 rings (SSSR count). The Balaban J connectivity index is 2.16. The van der Waals surface area contributed by atoms with Crippen LogP contribution >= 0.6 is 0 Å². The second-order valence-corrected chi connectivity index (χ2v) is 5.49. The van der Waals surface area contributed by atoms with E-state index in [0.29, 0.717) is 17.7 Å². The lowest BCUT2D eigenvalue weighted by Crippen LogP contribution is -2.28. The number of cyclic esters (lactones) is 2. The lowest BCUT2D eigenvalue weighted by molar-refractivity contribution is -0.147. The summed E-state index contributed by atoms with van der Waals surface area (Å²) in [4.78, 5) is 23.8. The Labute approximate surface area is 116 Å². The predicted molar refractivity (Wildman–Crippen MR) is 71.5 cm³/mol. The summed E-state index contributed by atoms with van der Waals surface area (Å²) in [5.41, 5.74) is 1.16. The molecule has 1 aliphatic rings. The summed E-state index contributed by atoms with van der Waals surface area (Å²) >= 11 is 0. The average molecular weight is 270 g/mol. The van der Waals surface area contributed by atoms with Gasteiger partial charge in [-0.3, -0.25) is 4.79 Å². The van der Waals surface area contributed by atoms with E-state index in [1.165, 1.54) is 6.20 Å². The number of nitrogens with zero attached hydrogens (tertiary/aromatic N) is 2. The smallest absolute Gasteiger partial charge is 0.349 e. The lowest BCUT2D eigenvalue weighted by Gasteiger charge is -2.19. The van der Waals surface area contributed by atoms with Crippen LogP contribution in [0, 0.1) is 5.41 Å². The van der Waals surface area contributed by atoms with Crippen molar-refractivity contribution in [2.45, 2.75) is 20.3 Å². The van der Waals surface area contributed by atoms with Gasteiger partial charge in [0.15, 0.2) is 0 Å². The number of hydrogen-bond acceptors (Lipinski definition) is 4. The van der Waals surface area contributed by atoms with Crippen LogP contribution in [0.15, 0.2) is 36.5 Å². The molecule has 102 valence electrons. The molecule has 0 bridgehead atoms. The highest BCUT2D eigenvalue weighted by Crippen LogP contribution is 2.30. The number of aromatic nitrogens is 2. The first-order valence-corrected chi connectivity index (χ1v) is 6.38. The minimum absolute atomic E-state index is 0.354. The highest BCUT2D eigenvalue weighted by atomic mass is 16.6. The number of hydrogen-bond donors (Lipinski definition) is 0. The number of ether oxygens (including phenoxy) is 1. The first kappa shape index (κ1) is 12.6. The molecule has 0 atom stereocenters. The third-order valence-corrected chi connectivity index (χ3v) is 3.44. The number of rotatable bonds is 1. The SMILES string of the molecule is CC1(C)Cc2c(cnn2-c2ccccc2)C(=O)OC1=O. The number of carbonyl (C=O) groups is 2. The number of carbonyl (C=O) groups excluding carboxylic acids is 2. The van der Waals surface area contributed by atoms with Crippen LogP contribution in [0.25, 0.3) is 5.69 Å². The third kappa shape index (κ3) is 1.91. The molecule has 0 unspecified atom stereocenters. The summed E-state index contributed by atoms with van der Waals surface area (Å²) in [5.74, 6) is -1.13. The molecule has 2 heterocycles. The highest BCUT2D eigenvalue weighted by Gasteiger charge is 2.39. The zero-order chi connectivity index (χ0) is 14.3. The summed E-state index contributed by atoms with van der Waals surface area (Å²) in [6, 6.07) is 9.51. The fraction of sp³-hybridized carbons (Fsp3) is 0.267. The van der Waals surface area contributed by atoms with E-state index in [0.717, 1.165) is 5.69 Å². The maximum atomic E-state index is 12.0. The fourth-order valence-electron chi connectivity index (χ4n) is 2.27. The van der Waals surface area contributed by atoms with Crippen molar-refractivity contribution in [3.63, 3.8) is 0 Å². The van der Waals surface area contributed by atoms with E-state index in [-0.39, 0.29) is 0 Å². The van der Waals surface area contributed by atoms with Gasteiger partial charge in [0, 0.05) is 6.42 Å². The molecule has 5 heteroatoms. The molecule has 0 saturated carbocycles. The minimum atomic E-state index is -0.756. The van der Waals surface area contributed by atoms with Crippen LogP contribution in [-0.4, -0.2) is 21.7 Å². The molecule has 0 radical (unpaired) electrons. The molecule has 1 aliphatic heterocycles. The van der Waals surface area contributed by atoms with E-state index >= 15 is 0 Å². The van der Waals surface area contributed by atoms with Crippen LogP contribution in [0.2, 0.25) is 0 Å². The monoisotopic (exact) mass is 270 g/mol. The molecule has 0 saturated heterocycles. The van der Waals surface area contributed by atoms with Gasteiger partial charge in [-0.25, -0.2) is 9.48 Å². The van der Waals surface area contributed by atoms with Crippen molar-refractivity contribution in [2.75, 3.05) is 0 Å². The Bertz CT molecular complexity index is 686. The van der Waals surface area contributed by atoms with Gasteiger partial charge in [0.05, 0.1) is 23.0 Å². The van der Waals surface area contributed by atoms with E-state index in [1.54, 1.807) is 18.5 Å². The number of fused-ring (bicyclic) bond motifs is 1. The molecule has 2 aromatic rings. The summed E-state index contributed by atoms with van der Waals surface area (Å²) in [5, 5.41) is 4.26. The maximum absolute atomic E-state index is 12.0. The van der Waals surface area contributed by atoms with Crippen LogP contribution in [0.4, 0.5) is 0 Å². The molecule has 0 fully saturated rings. The van der Waals surface area contributed by atoms with Gasteiger partial charge in [0.1, 0.15) is 5.56 Å². The molecule has 0 spiro atoms. The molecule has 0 N–H and O–H groups in total. The predicted octanol–water partition coefficient (Wildman–Crippen LogP) is 2.14. The minimum Gasteiger partial charge on any atom is -0.389 e. The Kier molecular flexibility index (Phi) is 2.71. The van der Waals surface area contributed by atoms with Gasteiger partial charge in [0.25, 0.3) is 0 Å². The zero-order valence-corrected chi connectivity index (χ0v) is 11.3. The van der Waals surface area contributed by atoms with E-state index in [1.807, 2.05) is 30.3 Å². The fourth-order valence-corrected chi connectivity index (χ4v) is 2.27. The van der Waals surface area contributed by atoms with Crippen LogP contribution in [0.1, 0.15) is 29.9 Å². The van der Waals surface area contributed by atoms with Gasteiger partial charge in [-0.15, -0.1) is 0 Å². The quantitative estimate of drug-likeness (QED) is 0.588. The van der Waals surface area contributed by atoms with Gasteiger partial charge in [-0.1, -0.05) is 18.2 Å². The molecule has 20 heavy (non-hydrogen) atoms. The largest absolute Gasteiger partial charge is 0.389 e. The topological polar surface area (TPSA) is 61.2 Å². The standard InChI is InChI=1S/C15H14N2O3/c1-15(2)8-12-11(13(18)20-14(15)19)9-16-17(12)10-6-4-3-5-7-10/h3-7,9H,8H2,1-2H3. The second-order valence-electron chi connectivity index (χ2n) is 5.49. The molecule has 5 nitrogen and oxygen atoms in total. The first-order valence-electron chi connectivity index (χ1n) is 6.38. The number of esters is 2. The van der Waals surface area contributed by atoms with Crippen molar-refractivity contribution in [1.82, 2.24) is 9.78 Å². The van der Waals surface area contributed by atoms with Crippen LogP contribution < -0.4 is 0 Å². The Morgan fingerprint density at radius 2 is 1.90 bits per heavy atom. The van der Waals surface area contributed by atoms with Crippen LogP contribution in [0.3, 0.4) is 0 Å². The van der Waals surface area contributed by atoms with E-state index in [9.17, 15) is 9.59 Å². The summed E-state index contributed by atoms with van der Waals surface area (Å²) in [7, 11) is 0. The van der Waals surface area contributed by atoms with Crippen molar-refractivity contribution in [2.24, 2.45) is 5.41 Å². The van der Waals surface area contributed by atoms with E-state index in [4.69, 9.17) is 4.74 Å². The third-order valence-electron chi connectivity index (χ3n) is 3.44. The Morgan fingerprint density at radius 1 is 1.20 bits per heavy atom. The summed E-state index contributed by atoms with van der Waals surface area (Å²) in [6.45, 7) is 3.53. The van der Waals surface area contributed by atoms with Gasteiger partial charge in [0.2, 0.25) is 0 Å². The summed E-state index contributed by atoms with van der Waals surface area (Å²) < 4.78 is 6.56. The molecule has 0 amide bonds. The molecule has 0 aliphatic carbocycles. The molecule has 1 aromatic carbocycles. The van der Waals surface area contributed by atoms with Crippen molar-refractivity contribution in [3.05, 3.63) is 47.8 Å². The van der Waals surface area contributed by atoms with Crippen molar-refractivity contribution in [1.29, 1.82) is 0 Å². The molecular weight excluding hydrogens is 256 g/mol. The van der Waals surface area contributed by atoms with Gasteiger partial charge >= 0.3 is 11.9 Å². The second kappa shape index (κ2) is 4.30. The highest BCUT2D eigenvalue weighted by molar-refractivity contribution is 6.00. The number of benzene rings is 1. The van der Waals surface area contributed by atoms with Gasteiger partial charge in [-0.05, 0) is 26.0 Å². The number of para-hydroxylation sites is 1. The van der Waals surface area contributed by atoms with E-state index in [2.05, 4.69) is 5.10 Å². The Hall–Kier alpha value is -2.43. The normalized spacial score (nSPS) is 17.3. The molecular formula is C15H14N2O3. The lowest BCUT2D eigenvalue weighted by atomic mass is 9.87. The molecule has 1 aromatic heterocycles. The first-order chi connectivity index (χ1) is 9.49. The van der Waals surface area contributed by atoms with E-state index < -0.39 is 17.4 Å². The van der Waals surface area contributed by atoms with Crippen LogP contribution in [-0.2, 0) is 16.0 Å². The Morgan fingerprint density at radius 3 is 2.60 bits per heavy atom. The summed E-state index contributed by atoms with van der Waals surface area (Å²) in [6.07, 6.45) is 1.86. The van der Waals surface area contributed by atoms with Gasteiger partial charge < -0.3 is 4.74 Å². The average Bonchev–Trinajstić information content (AvgIpc) is 2.79. The van der Waals surface area contributed by atoms with Crippen molar-refractivity contribution >= 4 is 11.9 Å². The van der Waals surface area contributed by atoms with Crippen LogP contribution in [0.5, 0.6) is 0 Å². The maximum Gasteiger partial charge on any atom is 0.349 e. The van der Waals surface area contributed by atoms with Gasteiger partial charge in [-0.2, -0.15) is 5.10 Å². The zero-order valence-electron chi connectivity index (χ0n) is 11.3. The van der Waals surface area contributed by atoms with Crippen molar-refractivity contribution < 1.29 is 14.3 Å². The van der Waals surface area contributed by atoms with Crippen molar-refractivity contribution in [3.8, 4) is 5.69 Å².